The Labute approximate surface area is 74.3 Å². The summed E-state index contributed by atoms with van der Waals surface area (Å²) in [5.74, 6) is 1.52. The quantitative estimate of drug-likeness (QED) is 0.479. The van der Waals surface area contributed by atoms with E-state index in [0.29, 0.717) is 0 Å². The summed E-state index contributed by atoms with van der Waals surface area (Å²) in [7, 11) is -0.135. The predicted molar refractivity (Wildman–Crippen MR) is 50.3 cm³/mol. The summed E-state index contributed by atoms with van der Waals surface area (Å²) in [6.07, 6.45) is 5.00. The molecule has 0 aromatic rings. The first-order valence-corrected chi connectivity index (χ1v) is 5.68. The van der Waals surface area contributed by atoms with Crippen LogP contribution in [0.3, 0.4) is 0 Å². The average Bonchev–Trinajstić information content (AvgIpc) is 2.12. The van der Waals surface area contributed by atoms with E-state index in [2.05, 4.69) is 6.92 Å². The highest BCUT2D eigenvalue weighted by Crippen LogP contribution is 2.47. The third-order valence-corrected chi connectivity index (χ3v) is 3.12. The summed E-state index contributed by atoms with van der Waals surface area (Å²) in [5.41, 5.74) is 0. The van der Waals surface area contributed by atoms with E-state index in [1.165, 1.54) is 20.0 Å². The van der Waals surface area contributed by atoms with Crippen LogP contribution >= 0.6 is 7.60 Å². The van der Waals surface area contributed by atoms with Gasteiger partial charge in [0, 0.05) is 20.0 Å². The fourth-order valence-electron chi connectivity index (χ4n) is 0.722. The summed E-state index contributed by atoms with van der Waals surface area (Å²) >= 11 is 0. The molecule has 0 bridgehead atoms. The molecule has 0 aliphatic heterocycles. The summed E-state index contributed by atoms with van der Waals surface area (Å²) in [4.78, 5) is 0. The highest BCUT2D eigenvalue weighted by molar-refractivity contribution is 7.57. The Bertz CT molecular complexity index is 169. The molecular weight excluding hydrogens is 175 g/mol. The molecule has 0 heterocycles. The highest BCUT2D eigenvalue weighted by Gasteiger charge is 2.14. The Balaban J connectivity index is 3.85. The maximum atomic E-state index is 11.4. The third kappa shape index (κ3) is 4.70. The Morgan fingerprint density at radius 2 is 1.92 bits per heavy atom. The van der Waals surface area contributed by atoms with E-state index >= 15 is 0 Å². The van der Waals surface area contributed by atoms with Gasteiger partial charge in [-0.3, -0.25) is 4.57 Å². The van der Waals surface area contributed by atoms with Crippen molar-refractivity contribution in [2.24, 2.45) is 0 Å². The lowest BCUT2D eigenvalue weighted by Gasteiger charge is -2.07. The van der Waals surface area contributed by atoms with Crippen molar-refractivity contribution in [2.45, 2.75) is 26.2 Å². The van der Waals surface area contributed by atoms with Gasteiger partial charge in [-0.15, -0.1) is 0 Å². The van der Waals surface area contributed by atoms with Gasteiger partial charge in [0.1, 0.15) is 0 Å². The van der Waals surface area contributed by atoms with Crippen molar-refractivity contribution in [1.82, 2.24) is 0 Å². The number of allylic oxidation sites excluding steroid dienone is 1. The minimum Gasteiger partial charge on any atom is -0.309 e. The molecular formula is C8H17O3P. The molecule has 72 valence electrons. The van der Waals surface area contributed by atoms with Crippen LogP contribution in [-0.4, -0.2) is 14.2 Å². The van der Waals surface area contributed by atoms with Crippen molar-refractivity contribution >= 4 is 7.60 Å². The second-order valence-electron chi connectivity index (χ2n) is 2.43. The smallest absolute Gasteiger partial charge is 0.309 e. The van der Waals surface area contributed by atoms with Gasteiger partial charge in [-0.25, -0.2) is 0 Å². The highest BCUT2D eigenvalue weighted by atomic mass is 31.2. The van der Waals surface area contributed by atoms with Crippen molar-refractivity contribution in [3.63, 3.8) is 0 Å². The van der Waals surface area contributed by atoms with Crippen LogP contribution in [0.5, 0.6) is 0 Å². The largest absolute Gasteiger partial charge is 0.353 e. The monoisotopic (exact) mass is 192 g/mol. The van der Waals surface area contributed by atoms with Crippen LogP contribution in [0.2, 0.25) is 0 Å². The van der Waals surface area contributed by atoms with Crippen molar-refractivity contribution in [1.29, 1.82) is 0 Å². The van der Waals surface area contributed by atoms with Crippen LogP contribution < -0.4 is 0 Å². The zero-order valence-electron chi connectivity index (χ0n) is 7.95. The van der Waals surface area contributed by atoms with Crippen LogP contribution in [0, 0.1) is 0 Å². The van der Waals surface area contributed by atoms with E-state index < -0.39 is 7.60 Å². The number of hydrogen-bond acceptors (Lipinski definition) is 3. The zero-order chi connectivity index (χ0) is 9.45. The van der Waals surface area contributed by atoms with Gasteiger partial charge in [-0.05, 0) is 6.42 Å². The summed E-state index contributed by atoms with van der Waals surface area (Å²) < 4.78 is 20.8. The van der Waals surface area contributed by atoms with Gasteiger partial charge in [0.05, 0.1) is 0 Å². The van der Waals surface area contributed by atoms with Crippen LogP contribution in [0.4, 0.5) is 0 Å². The maximum absolute atomic E-state index is 11.4. The number of rotatable bonds is 6. The van der Waals surface area contributed by atoms with Crippen LogP contribution in [0.15, 0.2) is 11.9 Å². The molecule has 0 amide bonds. The van der Waals surface area contributed by atoms with Gasteiger partial charge in [0.2, 0.25) is 0 Å². The predicted octanol–water partition coefficient (Wildman–Crippen LogP) is 3.18. The molecule has 0 aliphatic rings. The number of hydrogen-bond donors (Lipinski definition) is 0. The second kappa shape index (κ2) is 6.41. The minimum absolute atomic E-state index is 0.924. The summed E-state index contributed by atoms with van der Waals surface area (Å²) in [6, 6.07) is 0. The topological polar surface area (TPSA) is 35.5 Å². The van der Waals surface area contributed by atoms with Crippen molar-refractivity contribution in [2.75, 3.05) is 14.2 Å². The van der Waals surface area contributed by atoms with Crippen LogP contribution in [0.1, 0.15) is 26.2 Å². The molecule has 0 aliphatic carbocycles. The lowest BCUT2D eigenvalue weighted by molar-refractivity contribution is 0.286. The standard InChI is InChI=1S/C8H17O3P/c1-4-5-6-7-8-12(9,10-2)11-3/h7-8H,4-6H2,1-3H3/b8-7+. The maximum Gasteiger partial charge on any atom is 0.353 e. The molecule has 0 N–H and O–H groups in total. The average molecular weight is 192 g/mol. The summed E-state index contributed by atoms with van der Waals surface area (Å²) in [5, 5.41) is 0. The molecule has 12 heavy (non-hydrogen) atoms. The molecule has 0 rings (SSSR count). The fourth-order valence-corrected chi connectivity index (χ4v) is 1.52. The van der Waals surface area contributed by atoms with E-state index in [1.54, 1.807) is 0 Å². The van der Waals surface area contributed by atoms with Crippen LogP contribution in [0.25, 0.3) is 0 Å². The first kappa shape index (κ1) is 11.9. The summed E-state index contributed by atoms with van der Waals surface area (Å²) in [6.45, 7) is 2.11. The molecule has 0 saturated heterocycles. The zero-order valence-corrected chi connectivity index (χ0v) is 8.84. The van der Waals surface area contributed by atoms with Crippen LogP contribution in [-0.2, 0) is 13.6 Å². The van der Waals surface area contributed by atoms with E-state index in [9.17, 15) is 4.57 Å². The molecule has 0 fully saturated rings. The first-order chi connectivity index (χ1) is 5.68. The molecule has 0 saturated carbocycles. The molecule has 3 nitrogen and oxygen atoms in total. The minimum atomic E-state index is -2.90. The molecule has 0 radical (unpaired) electrons. The van der Waals surface area contributed by atoms with E-state index in [1.807, 2.05) is 6.08 Å². The van der Waals surface area contributed by atoms with Gasteiger partial charge < -0.3 is 9.05 Å². The van der Waals surface area contributed by atoms with Gasteiger partial charge in [-0.2, -0.15) is 0 Å². The lowest BCUT2D eigenvalue weighted by Crippen LogP contribution is -1.83. The number of unbranched alkanes of at least 4 members (excludes halogenated alkanes) is 2. The van der Waals surface area contributed by atoms with E-state index in [0.717, 1.165) is 19.3 Å². The van der Waals surface area contributed by atoms with Gasteiger partial charge in [0.25, 0.3) is 0 Å². The van der Waals surface area contributed by atoms with Gasteiger partial charge in [-0.1, -0.05) is 25.8 Å². The van der Waals surface area contributed by atoms with Crippen molar-refractivity contribution < 1.29 is 13.6 Å². The molecule has 0 aromatic heterocycles. The SMILES string of the molecule is CCCC/C=C/P(=O)(OC)OC. The van der Waals surface area contributed by atoms with Crippen molar-refractivity contribution in [3.8, 4) is 0 Å². The second-order valence-corrected chi connectivity index (χ2v) is 4.54. The Morgan fingerprint density at radius 1 is 1.33 bits per heavy atom. The Morgan fingerprint density at radius 3 is 2.33 bits per heavy atom. The Kier molecular flexibility index (Phi) is 6.35. The molecule has 4 heteroatoms. The molecule has 0 aromatic carbocycles. The Hall–Kier alpha value is -0.110. The first-order valence-electron chi connectivity index (χ1n) is 4.07. The molecule has 0 atom stereocenters. The lowest BCUT2D eigenvalue weighted by atomic mass is 10.2. The third-order valence-electron chi connectivity index (χ3n) is 1.52. The van der Waals surface area contributed by atoms with Gasteiger partial charge in [0.15, 0.2) is 0 Å². The van der Waals surface area contributed by atoms with E-state index in [4.69, 9.17) is 9.05 Å². The molecule has 0 unspecified atom stereocenters. The van der Waals surface area contributed by atoms with Gasteiger partial charge >= 0.3 is 7.60 Å². The molecule has 0 spiro atoms. The van der Waals surface area contributed by atoms with E-state index in [-0.39, 0.29) is 0 Å². The normalized spacial score (nSPS) is 12.6. The van der Waals surface area contributed by atoms with Crippen molar-refractivity contribution in [3.05, 3.63) is 11.9 Å². The fraction of sp³-hybridized carbons (Fsp3) is 0.750.